The maximum Gasteiger partial charge on any atom is 0.318 e. The number of urea groups is 1. The molecule has 1 aliphatic heterocycles. The SMILES string of the molecule is C#CCNC(=O)N1CCN(CC(=O)N[C@H]2CCC[C@H](C)C2)CC1. The van der Waals surface area contributed by atoms with Gasteiger partial charge in [0.05, 0.1) is 13.1 Å². The third-order valence-corrected chi connectivity index (χ3v) is 4.67. The van der Waals surface area contributed by atoms with E-state index in [-0.39, 0.29) is 18.5 Å². The molecular weight excluding hydrogens is 292 g/mol. The summed E-state index contributed by atoms with van der Waals surface area (Å²) in [7, 11) is 0. The van der Waals surface area contributed by atoms with Crippen LogP contribution in [0.1, 0.15) is 32.6 Å². The van der Waals surface area contributed by atoms with Crippen LogP contribution in [0.5, 0.6) is 0 Å². The Labute approximate surface area is 139 Å². The van der Waals surface area contributed by atoms with Gasteiger partial charge in [0.2, 0.25) is 5.91 Å². The molecule has 2 N–H and O–H groups in total. The maximum absolute atomic E-state index is 12.2. The molecule has 6 nitrogen and oxygen atoms in total. The van der Waals surface area contributed by atoms with Gasteiger partial charge < -0.3 is 15.5 Å². The summed E-state index contributed by atoms with van der Waals surface area (Å²) in [5, 5.41) is 5.83. The van der Waals surface area contributed by atoms with E-state index in [1.807, 2.05) is 0 Å². The minimum Gasteiger partial charge on any atom is -0.352 e. The average molecular weight is 320 g/mol. The van der Waals surface area contributed by atoms with Crippen molar-refractivity contribution in [3.05, 3.63) is 0 Å². The number of nitrogens with zero attached hydrogens (tertiary/aromatic N) is 2. The zero-order valence-corrected chi connectivity index (χ0v) is 14.0. The van der Waals surface area contributed by atoms with Gasteiger partial charge in [-0.25, -0.2) is 4.79 Å². The first-order valence-corrected chi connectivity index (χ1v) is 8.56. The lowest BCUT2D eigenvalue weighted by Crippen LogP contribution is -2.54. The molecule has 23 heavy (non-hydrogen) atoms. The monoisotopic (exact) mass is 320 g/mol. The van der Waals surface area contributed by atoms with Crippen LogP contribution in [-0.2, 0) is 4.79 Å². The quantitative estimate of drug-likeness (QED) is 0.747. The second-order valence-corrected chi connectivity index (χ2v) is 6.66. The van der Waals surface area contributed by atoms with Gasteiger partial charge >= 0.3 is 6.03 Å². The second kappa shape index (κ2) is 8.78. The van der Waals surface area contributed by atoms with Crippen molar-refractivity contribution >= 4 is 11.9 Å². The Morgan fingerprint density at radius 2 is 1.96 bits per heavy atom. The van der Waals surface area contributed by atoms with Crippen LogP contribution in [0.2, 0.25) is 0 Å². The highest BCUT2D eigenvalue weighted by molar-refractivity contribution is 5.78. The van der Waals surface area contributed by atoms with Crippen molar-refractivity contribution in [3.8, 4) is 12.3 Å². The predicted octanol–water partition coefficient (Wildman–Crippen LogP) is 0.642. The standard InChI is InChI=1S/C17H28N4O2/c1-3-7-18-17(23)21-10-8-20(9-11-21)13-16(22)19-15-6-4-5-14(2)12-15/h1,14-15H,4-13H2,2H3,(H,18,23)(H,19,22)/t14-,15-/m0/s1. The van der Waals surface area contributed by atoms with E-state index in [2.05, 4.69) is 28.4 Å². The van der Waals surface area contributed by atoms with E-state index in [4.69, 9.17) is 6.42 Å². The predicted molar refractivity (Wildman–Crippen MR) is 89.8 cm³/mol. The molecule has 2 aliphatic rings. The first-order chi connectivity index (χ1) is 11.1. The van der Waals surface area contributed by atoms with Crippen LogP contribution in [0.4, 0.5) is 4.79 Å². The number of nitrogens with one attached hydrogen (secondary N) is 2. The smallest absolute Gasteiger partial charge is 0.318 e. The number of terminal acetylenes is 1. The summed E-state index contributed by atoms with van der Waals surface area (Å²) in [6.07, 6.45) is 9.80. The van der Waals surface area contributed by atoms with Gasteiger partial charge in [0.1, 0.15) is 0 Å². The molecule has 2 fully saturated rings. The van der Waals surface area contributed by atoms with Gasteiger partial charge in [-0.1, -0.05) is 25.7 Å². The molecule has 1 saturated heterocycles. The van der Waals surface area contributed by atoms with Crippen LogP contribution in [0.15, 0.2) is 0 Å². The van der Waals surface area contributed by atoms with Crippen LogP contribution in [-0.4, -0.2) is 67.0 Å². The second-order valence-electron chi connectivity index (χ2n) is 6.66. The van der Waals surface area contributed by atoms with E-state index >= 15 is 0 Å². The highest BCUT2D eigenvalue weighted by atomic mass is 16.2. The van der Waals surface area contributed by atoms with E-state index in [0.29, 0.717) is 31.6 Å². The molecule has 1 heterocycles. The van der Waals surface area contributed by atoms with Gasteiger partial charge in [0.25, 0.3) is 0 Å². The van der Waals surface area contributed by atoms with E-state index < -0.39 is 0 Å². The molecule has 0 aromatic rings. The summed E-state index contributed by atoms with van der Waals surface area (Å²) in [5.74, 6) is 3.21. The molecule has 1 saturated carbocycles. The molecule has 3 amide bonds. The molecule has 2 rings (SSSR count). The number of hydrogen-bond donors (Lipinski definition) is 2. The van der Waals surface area contributed by atoms with Crippen molar-refractivity contribution < 1.29 is 9.59 Å². The third kappa shape index (κ3) is 5.76. The molecule has 0 aromatic carbocycles. The summed E-state index contributed by atoms with van der Waals surface area (Å²) in [6.45, 7) is 5.62. The largest absolute Gasteiger partial charge is 0.352 e. The van der Waals surface area contributed by atoms with Gasteiger partial charge in [0, 0.05) is 32.2 Å². The molecular formula is C17H28N4O2. The highest BCUT2D eigenvalue weighted by Crippen LogP contribution is 2.23. The maximum atomic E-state index is 12.2. The molecule has 6 heteroatoms. The number of piperazine rings is 1. The molecule has 0 radical (unpaired) electrons. The fraction of sp³-hybridized carbons (Fsp3) is 0.765. The third-order valence-electron chi connectivity index (χ3n) is 4.67. The lowest BCUT2D eigenvalue weighted by atomic mass is 9.87. The minimum atomic E-state index is -0.122. The van der Waals surface area contributed by atoms with E-state index in [9.17, 15) is 9.59 Å². The first-order valence-electron chi connectivity index (χ1n) is 8.56. The molecule has 0 aromatic heterocycles. The topological polar surface area (TPSA) is 64.7 Å². The molecule has 0 spiro atoms. The Morgan fingerprint density at radius 3 is 2.61 bits per heavy atom. The fourth-order valence-corrected chi connectivity index (χ4v) is 3.39. The van der Waals surface area contributed by atoms with Crippen molar-refractivity contribution in [1.29, 1.82) is 0 Å². The lowest BCUT2D eigenvalue weighted by molar-refractivity contribution is -0.123. The highest BCUT2D eigenvalue weighted by Gasteiger charge is 2.24. The zero-order chi connectivity index (χ0) is 16.7. The van der Waals surface area contributed by atoms with Gasteiger partial charge in [-0.2, -0.15) is 0 Å². The normalized spacial score (nSPS) is 25.5. The van der Waals surface area contributed by atoms with E-state index in [0.717, 1.165) is 25.9 Å². The zero-order valence-electron chi connectivity index (χ0n) is 14.0. The number of carbonyl (C=O) groups excluding carboxylic acids is 2. The summed E-state index contributed by atoms with van der Waals surface area (Å²) >= 11 is 0. The molecule has 128 valence electrons. The van der Waals surface area contributed by atoms with Crippen molar-refractivity contribution in [2.45, 2.75) is 38.6 Å². The number of carbonyl (C=O) groups is 2. The molecule has 0 unspecified atom stereocenters. The van der Waals surface area contributed by atoms with Gasteiger partial charge in [-0.05, 0) is 18.8 Å². The summed E-state index contributed by atoms with van der Waals surface area (Å²) in [4.78, 5) is 27.8. The van der Waals surface area contributed by atoms with Crippen LogP contribution in [0.25, 0.3) is 0 Å². The lowest BCUT2D eigenvalue weighted by Gasteiger charge is -2.34. The van der Waals surface area contributed by atoms with Crippen molar-refractivity contribution in [3.63, 3.8) is 0 Å². The van der Waals surface area contributed by atoms with Crippen LogP contribution >= 0.6 is 0 Å². The fourth-order valence-electron chi connectivity index (χ4n) is 3.39. The molecule has 2 atom stereocenters. The Hall–Kier alpha value is -1.74. The van der Waals surface area contributed by atoms with Crippen LogP contribution in [0, 0.1) is 18.3 Å². The average Bonchev–Trinajstić information content (AvgIpc) is 2.53. The number of hydrogen-bond acceptors (Lipinski definition) is 3. The van der Waals surface area contributed by atoms with Crippen LogP contribution in [0.3, 0.4) is 0 Å². The minimum absolute atomic E-state index is 0.106. The Morgan fingerprint density at radius 1 is 1.22 bits per heavy atom. The summed E-state index contributed by atoms with van der Waals surface area (Å²) in [5.41, 5.74) is 0. The molecule has 1 aliphatic carbocycles. The number of rotatable bonds is 4. The first kappa shape index (κ1) is 17.6. The van der Waals surface area contributed by atoms with Crippen molar-refractivity contribution in [2.24, 2.45) is 5.92 Å². The van der Waals surface area contributed by atoms with E-state index in [1.54, 1.807) is 4.90 Å². The van der Waals surface area contributed by atoms with Crippen molar-refractivity contribution in [2.75, 3.05) is 39.3 Å². The van der Waals surface area contributed by atoms with Gasteiger partial charge in [-0.3, -0.25) is 9.69 Å². The van der Waals surface area contributed by atoms with Crippen LogP contribution < -0.4 is 10.6 Å². The van der Waals surface area contributed by atoms with E-state index in [1.165, 1.54) is 12.8 Å². The van der Waals surface area contributed by atoms with Crippen molar-refractivity contribution in [1.82, 2.24) is 20.4 Å². The summed E-state index contributed by atoms with van der Waals surface area (Å²) < 4.78 is 0. The Bertz CT molecular complexity index is 452. The van der Waals surface area contributed by atoms with Gasteiger partial charge in [0.15, 0.2) is 0 Å². The Kier molecular flexibility index (Phi) is 6.72. The Balaban J connectivity index is 1.66. The number of amides is 3. The molecule has 0 bridgehead atoms. The summed E-state index contributed by atoms with van der Waals surface area (Å²) in [6, 6.07) is 0.213. The van der Waals surface area contributed by atoms with Gasteiger partial charge in [-0.15, -0.1) is 6.42 Å².